The van der Waals surface area contributed by atoms with Crippen LogP contribution >= 0.6 is 0 Å². The maximum atomic E-state index is 13.8. The highest BCUT2D eigenvalue weighted by Crippen LogP contribution is 2.51. The number of hydrogen-bond acceptors (Lipinski definition) is 3. The fourth-order valence-corrected chi connectivity index (χ4v) is 5.88. The molecule has 1 aliphatic carbocycles. The summed E-state index contributed by atoms with van der Waals surface area (Å²) in [6.45, 7) is -0.427. The summed E-state index contributed by atoms with van der Waals surface area (Å²) in [6, 6.07) is 4.63. The average Bonchev–Trinajstić information content (AvgIpc) is 3.38. The Morgan fingerprint density at radius 1 is 0.875 bits per heavy atom. The molecule has 4 rings (SSSR count). The molecule has 12 heteroatoms. The lowest BCUT2D eigenvalue weighted by Crippen LogP contribution is -2.45. The van der Waals surface area contributed by atoms with Crippen LogP contribution in [0.4, 0.5) is 39.5 Å². The molecule has 40 heavy (non-hydrogen) atoms. The monoisotopic (exact) mass is 579 g/mol. The predicted octanol–water partition coefficient (Wildman–Crippen LogP) is 8.21. The molecule has 0 spiro atoms. The first kappa shape index (κ1) is 30.0. The van der Waals surface area contributed by atoms with Gasteiger partial charge in [-0.3, -0.25) is 9.69 Å². The van der Waals surface area contributed by atoms with Crippen LogP contribution in [-0.4, -0.2) is 24.5 Å². The quantitative estimate of drug-likeness (QED) is 0.203. The number of esters is 1. The van der Waals surface area contributed by atoms with Gasteiger partial charge in [0.1, 0.15) is 0 Å². The predicted molar refractivity (Wildman–Crippen MR) is 127 cm³/mol. The normalized spacial score (nSPS) is 21.9. The Hall–Kier alpha value is -3.02. The number of carbonyl (C=O) groups is 1. The zero-order chi connectivity index (χ0) is 29.5. The Bertz CT molecular complexity index is 1240. The summed E-state index contributed by atoms with van der Waals surface area (Å²) >= 11 is 0. The van der Waals surface area contributed by atoms with E-state index in [9.17, 15) is 44.3 Å². The first-order chi connectivity index (χ1) is 18.6. The van der Waals surface area contributed by atoms with Crippen LogP contribution in [-0.2, 0) is 34.6 Å². The number of methoxy groups -OCH3 is 1. The van der Waals surface area contributed by atoms with E-state index in [1.807, 2.05) is 12.2 Å². The third-order valence-electron chi connectivity index (χ3n) is 7.95. The molecule has 3 nitrogen and oxygen atoms in total. The molecule has 0 radical (unpaired) electrons. The van der Waals surface area contributed by atoms with E-state index in [1.54, 1.807) is 0 Å². The number of rotatable bonds is 5. The number of alkyl halides is 9. The van der Waals surface area contributed by atoms with Gasteiger partial charge < -0.3 is 4.74 Å². The molecule has 0 saturated carbocycles. The van der Waals surface area contributed by atoms with Crippen molar-refractivity contribution < 1.29 is 49.0 Å². The molecule has 0 bridgehead atoms. The van der Waals surface area contributed by atoms with Crippen molar-refractivity contribution in [3.8, 4) is 0 Å². The Balaban J connectivity index is 1.74. The summed E-state index contributed by atoms with van der Waals surface area (Å²) in [7, 11) is 1.25. The van der Waals surface area contributed by atoms with Gasteiger partial charge in [0.15, 0.2) is 0 Å². The van der Waals surface area contributed by atoms with E-state index in [2.05, 4.69) is 0 Å². The van der Waals surface area contributed by atoms with E-state index in [1.165, 1.54) is 24.1 Å². The van der Waals surface area contributed by atoms with Gasteiger partial charge in [-0.1, -0.05) is 24.3 Å². The van der Waals surface area contributed by atoms with Crippen molar-refractivity contribution in [1.82, 2.24) is 4.90 Å². The molecule has 2 atom stereocenters. The maximum absolute atomic E-state index is 13.8. The Labute approximate surface area is 224 Å². The lowest BCUT2D eigenvalue weighted by Gasteiger charge is -2.45. The van der Waals surface area contributed by atoms with E-state index in [4.69, 9.17) is 4.74 Å². The molecule has 1 saturated heterocycles. The summed E-state index contributed by atoms with van der Waals surface area (Å²) in [4.78, 5) is 14.4. The minimum atomic E-state index is -4.92. The van der Waals surface area contributed by atoms with Crippen molar-refractivity contribution in [2.24, 2.45) is 11.3 Å². The van der Waals surface area contributed by atoms with Crippen LogP contribution in [0.3, 0.4) is 0 Å². The number of ether oxygens (including phenoxy) is 1. The first-order valence-corrected chi connectivity index (χ1v) is 12.5. The average molecular weight is 580 g/mol. The molecular weight excluding hydrogens is 553 g/mol. The third kappa shape index (κ3) is 6.01. The van der Waals surface area contributed by atoms with Gasteiger partial charge >= 0.3 is 24.5 Å². The SMILES string of the molecule is COC(=O)C1([C@H]2CCN(Cc3cc(C(F)(F)F)ccc3C(F)(F)F)[C@@H](c3ccc(C(F)(F)F)cc3)C2)CC=CC1. The van der Waals surface area contributed by atoms with Gasteiger partial charge in [0.2, 0.25) is 0 Å². The zero-order valence-electron chi connectivity index (χ0n) is 21.3. The molecule has 2 aromatic rings. The number of nitrogens with zero attached hydrogens (tertiary/aromatic N) is 1. The second-order valence-corrected chi connectivity index (χ2v) is 10.2. The second kappa shape index (κ2) is 10.8. The van der Waals surface area contributed by atoms with Gasteiger partial charge in [-0.25, -0.2) is 0 Å². The van der Waals surface area contributed by atoms with Gasteiger partial charge in [0, 0.05) is 12.6 Å². The number of carbonyl (C=O) groups excluding carboxylic acids is 1. The van der Waals surface area contributed by atoms with Crippen molar-refractivity contribution in [2.45, 2.75) is 56.8 Å². The van der Waals surface area contributed by atoms with E-state index in [0.29, 0.717) is 43.0 Å². The Morgan fingerprint density at radius 2 is 1.45 bits per heavy atom. The van der Waals surface area contributed by atoms with Crippen LogP contribution in [0.5, 0.6) is 0 Å². The highest BCUT2D eigenvalue weighted by Gasteiger charge is 2.50. The molecule has 2 aromatic carbocycles. The van der Waals surface area contributed by atoms with Gasteiger partial charge in [-0.15, -0.1) is 0 Å². The number of hydrogen-bond donors (Lipinski definition) is 0. The summed E-state index contributed by atoms with van der Waals surface area (Å²) in [5.74, 6) is -0.790. The van der Waals surface area contributed by atoms with Gasteiger partial charge in [-0.05, 0) is 79.6 Å². The lowest BCUT2D eigenvalue weighted by atomic mass is 9.67. The van der Waals surface area contributed by atoms with E-state index in [-0.39, 0.29) is 18.9 Å². The van der Waals surface area contributed by atoms with Crippen molar-refractivity contribution in [3.63, 3.8) is 0 Å². The summed E-state index contributed by atoms with van der Waals surface area (Å²) in [6.07, 6.45) is -9.50. The molecular formula is C28H26F9NO2. The van der Waals surface area contributed by atoms with Crippen molar-refractivity contribution in [3.05, 3.63) is 82.4 Å². The molecule has 1 fully saturated rings. The summed E-state index contributed by atoms with van der Waals surface area (Å²) in [5.41, 5.74) is -4.55. The molecule has 218 valence electrons. The van der Waals surface area contributed by atoms with Crippen LogP contribution in [0.1, 0.15) is 59.5 Å². The van der Waals surface area contributed by atoms with Crippen LogP contribution in [0.15, 0.2) is 54.6 Å². The number of benzene rings is 2. The topological polar surface area (TPSA) is 29.5 Å². The maximum Gasteiger partial charge on any atom is 0.416 e. The standard InChI is InChI=1S/C28H26F9NO2/c1-40-24(39)25(11-2-3-12-25)20-10-13-38(23(15-20)17-4-6-19(7-5-17)26(29,30)31)16-18-14-21(27(32,33)34)8-9-22(18)28(35,36)37/h2-9,14,20,23H,10-13,15-16H2,1H3/t20-,23+/m0/s1. The minimum Gasteiger partial charge on any atom is -0.469 e. The zero-order valence-corrected chi connectivity index (χ0v) is 21.3. The smallest absolute Gasteiger partial charge is 0.416 e. The summed E-state index contributed by atoms with van der Waals surface area (Å²) < 4.78 is 126. The fraction of sp³-hybridized carbons (Fsp3) is 0.464. The Morgan fingerprint density at radius 3 is 1.98 bits per heavy atom. The molecule has 1 heterocycles. The highest BCUT2D eigenvalue weighted by atomic mass is 19.4. The largest absolute Gasteiger partial charge is 0.469 e. The van der Waals surface area contributed by atoms with Crippen LogP contribution < -0.4 is 0 Å². The first-order valence-electron chi connectivity index (χ1n) is 12.5. The highest BCUT2D eigenvalue weighted by molar-refractivity contribution is 5.78. The van der Waals surface area contributed by atoms with Crippen molar-refractivity contribution >= 4 is 5.97 Å². The van der Waals surface area contributed by atoms with Crippen LogP contribution in [0.25, 0.3) is 0 Å². The third-order valence-corrected chi connectivity index (χ3v) is 7.95. The fourth-order valence-electron chi connectivity index (χ4n) is 5.88. The second-order valence-electron chi connectivity index (χ2n) is 10.2. The number of allylic oxidation sites excluding steroid dienone is 2. The Kier molecular flexibility index (Phi) is 8.05. The van der Waals surface area contributed by atoms with Gasteiger partial charge in [0.05, 0.1) is 29.2 Å². The molecule has 1 aliphatic heterocycles. The molecule has 0 amide bonds. The number of likely N-dealkylation sites (tertiary alicyclic amines) is 1. The van der Waals surface area contributed by atoms with Crippen LogP contribution in [0, 0.1) is 11.3 Å². The van der Waals surface area contributed by atoms with Crippen molar-refractivity contribution in [1.29, 1.82) is 0 Å². The number of piperidine rings is 1. The molecule has 0 N–H and O–H groups in total. The van der Waals surface area contributed by atoms with Gasteiger partial charge in [0.25, 0.3) is 0 Å². The number of halogens is 9. The van der Waals surface area contributed by atoms with E-state index < -0.39 is 64.8 Å². The summed E-state index contributed by atoms with van der Waals surface area (Å²) in [5, 5.41) is 0. The molecule has 0 aromatic heterocycles. The molecule has 0 unspecified atom stereocenters. The minimum absolute atomic E-state index is 0.0998. The van der Waals surface area contributed by atoms with Crippen molar-refractivity contribution in [2.75, 3.05) is 13.7 Å². The van der Waals surface area contributed by atoms with E-state index in [0.717, 1.165) is 12.1 Å². The molecule has 2 aliphatic rings. The van der Waals surface area contributed by atoms with Gasteiger partial charge in [-0.2, -0.15) is 39.5 Å². The van der Waals surface area contributed by atoms with E-state index >= 15 is 0 Å². The van der Waals surface area contributed by atoms with Crippen LogP contribution in [0.2, 0.25) is 0 Å². The lowest BCUT2D eigenvalue weighted by molar-refractivity contribution is -0.158.